The SMILES string of the molecule is c1cc2c3c(cccc3c1)-c1cc(-c3ccc4c(c3)oc3cc(-c5ccc6c(c5)c5ccccc5c5cc7oc8ccc9ccccc9c8c7cc65)ccc34)ccc1-2. The van der Waals surface area contributed by atoms with Gasteiger partial charge in [0.15, 0.2) is 0 Å². The summed E-state index contributed by atoms with van der Waals surface area (Å²) in [6, 6.07) is 66.6. The lowest BCUT2D eigenvalue weighted by Crippen LogP contribution is -1.85. The molecule has 0 unspecified atom stereocenters. The van der Waals surface area contributed by atoms with Crippen molar-refractivity contribution in [3.8, 4) is 44.5 Å². The predicted molar refractivity (Wildman–Crippen MR) is 244 cm³/mol. The van der Waals surface area contributed by atoms with Crippen molar-refractivity contribution in [1.29, 1.82) is 0 Å². The summed E-state index contributed by atoms with van der Waals surface area (Å²) in [6.07, 6.45) is 0. The fourth-order valence-corrected chi connectivity index (χ4v) is 10.3. The van der Waals surface area contributed by atoms with Crippen LogP contribution in [0.1, 0.15) is 0 Å². The van der Waals surface area contributed by atoms with E-state index in [9.17, 15) is 0 Å². The largest absolute Gasteiger partial charge is 0.456 e. The van der Waals surface area contributed by atoms with Crippen molar-refractivity contribution < 1.29 is 8.83 Å². The zero-order chi connectivity index (χ0) is 37.6. The van der Waals surface area contributed by atoms with Gasteiger partial charge in [0.2, 0.25) is 0 Å². The maximum absolute atomic E-state index is 6.67. The van der Waals surface area contributed by atoms with Gasteiger partial charge in [-0.25, -0.2) is 0 Å². The molecule has 0 atom stereocenters. The quantitative estimate of drug-likeness (QED) is 0.165. The van der Waals surface area contributed by atoms with Gasteiger partial charge in [-0.1, -0.05) is 127 Å². The minimum Gasteiger partial charge on any atom is -0.456 e. The standard InChI is InChI=1S/C56H30O2/c1-2-10-37-31(7-1)19-24-51-56(37)50-29-48-41-21-16-33(25-46(41)38-11-3-4-12-39(38)49(48)30-54(50)57-51)35-17-22-42-43-23-18-36(28-53(43)58-52(42)27-35)34-15-20-40-44-13-5-8-32-9-6-14-45(55(32)44)47(40)26-34/h1-30H. The first-order chi connectivity index (χ1) is 28.7. The minimum absolute atomic E-state index is 0.894. The molecule has 0 radical (unpaired) electrons. The Morgan fingerprint density at radius 2 is 0.759 bits per heavy atom. The van der Waals surface area contributed by atoms with Crippen LogP contribution < -0.4 is 0 Å². The molecule has 0 saturated carbocycles. The van der Waals surface area contributed by atoms with Crippen molar-refractivity contribution in [3.63, 3.8) is 0 Å². The van der Waals surface area contributed by atoms with Gasteiger partial charge >= 0.3 is 0 Å². The van der Waals surface area contributed by atoms with Gasteiger partial charge in [0, 0.05) is 21.5 Å². The molecule has 1 aliphatic carbocycles. The van der Waals surface area contributed by atoms with Crippen LogP contribution in [0.2, 0.25) is 0 Å². The Bertz CT molecular complexity index is 3960. The van der Waals surface area contributed by atoms with Gasteiger partial charge in [-0.2, -0.15) is 0 Å². The van der Waals surface area contributed by atoms with Gasteiger partial charge in [0.25, 0.3) is 0 Å². The first-order valence-corrected chi connectivity index (χ1v) is 20.0. The molecule has 14 rings (SSSR count). The molecule has 0 saturated heterocycles. The number of benzene rings is 11. The average Bonchev–Trinajstić information content (AvgIpc) is 3.95. The maximum Gasteiger partial charge on any atom is 0.136 e. The van der Waals surface area contributed by atoms with Crippen LogP contribution in [0.5, 0.6) is 0 Å². The lowest BCUT2D eigenvalue weighted by Gasteiger charge is -2.12. The number of rotatable bonds is 2. The van der Waals surface area contributed by atoms with Gasteiger partial charge < -0.3 is 8.83 Å². The van der Waals surface area contributed by atoms with Crippen LogP contribution in [0.25, 0.3) is 142 Å². The number of hydrogen-bond donors (Lipinski definition) is 0. The van der Waals surface area contributed by atoms with E-state index in [4.69, 9.17) is 8.83 Å². The normalized spacial score (nSPS) is 12.5. The third-order valence-corrected chi connectivity index (χ3v) is 13.0. The molecular weight excluding hydrogens is 705 g/mol. The molecule has 0 fully saturated rings. The van der Waals surface area contributed by atoms with Crippen LogP contribution >= 0.6 is 0 Å². The van der Waals surface area contributed by atoms with Crippen molar-refractivity contribution in [2.45, 2.75) is 0 Å². The second-order valence-corrected chi connectivity index (χ2v) is 16.0. The zero-order valence-corrected chi connectivity index (χ0v) is 31.1. The monoisotopic (exact) mass is 734 g/mol. The molecule has 58 heavy (non-hydrogen) atoms. The number of hydrogen-bond acceptors (Lipinski definition) is 2. The summed E-state index contributed by atoms with van der Waals surface area (Å²) in [4.78, 5) is 0. The highest BCUT2D eigenvalue weighted by molar-refractivity contribution is 6.30. The fourth-order valence-electron chi connectivity index (χ4n) is 10.3. The molecule has 0 spiro atoms. The Kier molecular flexibility index (Phi) is 5.79. The van der Waals surface area contributed by atoms with Crippen LogP contribution in [0.3, 0.4) is 0 Å². The van der Waals surface area contributed by atoms with E-state index in [1.54, 1.807) is 0 Å². The van der Waals surface area contributed by atoms with Gasteiger partial charge in [0.05, 0.1) is 0 Å². The smallest absolute Gasteiger partial charge is 0.136 e. The molecule has 2 heteroatoms. The summed E-state index contributed by atoms with van der Waals surface area (Å²) in [6.45, 7) is 0. The average molecular weight is 735 g/mol. The van der Waals surface area contributed by atoms with Gasteiger partial charge in [-0.05, 0) is 153 Å². The predicted octanol–water partition coefficient (Wildman–Crippen LogP) is 16.2. The van der Waals surface area contributed by atoms with E-state index in [0.29, 0.717) is 0 Å². The van der Waals surface area contributed by atoms with Crippen LogP contribution in [-0.2, 0) is 0 Å². The fraction of sp³-hybridized carbons (Fsp3) is 0. The highest BCUT2D eigenvalue weighted by Gasteiger charge is 2.22. The highest BCUT2D eigenvalue weighted by Crippen LogP contribution is 2.49. The van der Waals surface area contributed by atoms with E-state index in [1.807, 2.05) is 0 Å². The van der Waals surface area contributed by atoms with Crippen molar-refractivity contribution >= 4 is 97.7 Å². The Hall–Kier alpha value is -7.68. The Balaban J connectivity index is 0.899. The van der Waals surface area contributed by atoms with Crippen molar-refractivity contribution in [2.24, 2.45) is 0 Å². The summed E-state index contributed by atoms with van der Waals surface area (Å²) in [5.41, 5.74) is 13.5. The molecule has 0 aliphatic heterocycles. The summed E-state index contributed by atoms with van der Waals surface area (Å²) in [5.74, 6) is 0. The summed E-state index contributed by atoms with van der Waals surface area (Å²) in [5, 5.41) is 17.0. The number of fused-ring (bicyclic) bond motifs is 17. The lowest BCUT2D eigenvalue weighted by atomic mass is 9.91. The topological polar surface area (TPSA) is 26.3 Å². The zero-order valence-electron chi connectivity index (χ0n) is 31.1. The molecule has 1 aliphatic rings. The first-order valence-electron chi connectivity index (χ1n) is 20.0. The van der Waals surface area contributed by atoms with E-state index < -0.39 is 0 Å². The van der Waals surface area contributed by atoms with E-state index in [0.717, 1.165) is 55.2 Å². The highest BCUT2D eigenvalue weighted by atomic mass is 16.3. The molecule has 13 aromatic rings. The maximum atomic E-state index is 6.67. The Morgan fingerprint density at radius 3 is 1.52 bits per heavy atom. The van der Waals surface area contributed by atoms with Crippen LogP contribution in [0.4, 0.5) is 0 Å². The van der Waals surface area contributed by atoms with Gasteiger partial charge in [-0.3, -0.25) is 0 Å². The van der Waals surface area contributed by atoms with E-state index in [-0.39, 0.29) is 0 Å². The van der Waals surface area contributed by atoms with Crippen LogP contribution in [0.15, 0.2) is 191 Å². The second kappa shape index (κ2) is 11.0. The van der Waals surface area contributed by atoms with E-state index >= 15 is 0 Å². The summed E-state index contributed by atoms with van der Waals surface area (Å²) in [7, 11) is 0. The minimum atomic E-state index is 0.894. The molecule has 2 heterocycles. The Labute approximate surface area is 331 Å². The number of furan rings is 2. The van der Waals surface area contributed by atoms with Gasteiger partial charge in [0.1, 0.15) is 22.3 Å². The summed E-state index contributed by atoms with van der Waals surface area (Å²) < 4.78 is 13.2. The van der Waals surface area contributed by atoms with Crippen LogP contribution in [-0.4, -0.2) is 0 Å². The lowest BCUT2D eigenvalue weighted by molar-refractivity contribution is 0.669. The Morgan fingerprint density at radius 1 is 0.224 bits per heavy atom. The van der Waals surface area contributed by atoms with Crippen LogP contribution in [0, 0.1) is 0 Å². The van der Waals surface area contributed by atoms with E-state index in [2.05, 4.69) is 182 Å². The van der Waals surface area contributed by atoms with Gasteiger partial charge in [-0.15, -0.1) is 0 Å². The molecule has 266 valence electrons. The van der Waals surface area contributed by atoms with Crippen molar-refractivity contribution in [2.75, 3.05) is 0 Å². The molecule has 0 N–H and O–H groups in total. The third-order valence-electron chi connectivity index (χ3n) is 13.0. The van der Waals surface area contributed by atoms with E-state index in [1.165, 1.54) is 87.1 Å². The van der Waals surface area contributed by atoms with Crippen molar-refractivity contribution in [1.82, 2.24) is 0 Å². The summed E-state index contributed by atoms with van der Waals surface area (Å²) >= 11 is 0. The molecule has 0 amide bonds. The molecule has 11 aromatic carbocycles. The first kappa shape index (κ1) is 30.5. The molecule has 2 aromatic heterocycles. The van der Waals surface area contributed by atoms with Crippen molar-refractivity contribution in [3.05, 3.63) is 182 Å². The molecule has 0 bridgehead atoms. The molecule has 2 nitrogen and oxygen atoms in total. The third kappa shape index (κ3) is 4.06. The second-order valence-electron chi connectivity index (χ2n) is 16.0. The molecular formula is C56H30O2.